The van der Waals surface area contributed by atoms with Crippen LogP contribution < -0.4 is 44.4 Å². The quantitative estimate of drug-likeness (QED) is 0.0184. The lowest BCUT2D eigenvalue weighted by Gasteiger charge is -2.15. The fraction of sp³-hybridized carbons (Fsp3) is 0.742. The van der Waals surface area contributed by atoms with Crippen LogP contribution in [0.5, 0.6) is 0 Å². The fourth-order valence-electron chi connectivity index (χ4n) is 6.60. The number of carbonyl (C=O) groups is 4. The largest absolute Gasteiger partial charge is 0.512 e. The number of rotatable bonds is 21. The van der Waals surface area contributed by atoms with Gasteiger partial charge in [-0.2, -0.15) is 31.1 Å². The topological polar surface area (TPSA) is 598 Å². The van der Waals surface area contributed by atoms with Crippen LogP contribution in [-0.4, -0.2) is 188 Å². The van der Waals surface area contributed by atoms with Gasteiger partial charge < -0.3 is 54.1 Å². The van der Waals surface area contributed by atoms with E-state index in [0.717, 1.165) is 70.3 Å². The lowest BCUT2D eigenvalue weighted by molar-refractivity contribution is -0.125. The number of nitrogens with zero attached hydrogens (tertiary/aromatic N) is 20. The molecule has 0 saturated carbocycles. The van der Waals surface area contributed by atoms with E-state index >= 15 is 0 Å². The van der Waals surface area contributed by atoms with Crippen LogP contribution in [0.4, 0.5) is 0 Å². The van der Waals surface area contributed by atoms with E-state index in [4.69, 9.17) is 28.0 Å². The number of aliphatic hydroxyl groups excluding tert-OH is 2. The van der Waals surface area contributed by atoms with Crippen molar-refractivity contribution in [3.8, 4) is 0 Å². The summed E-state index contributed by atoms with van der Waals surface area (Å²) < 4.78 is 0. The molecule has 786 valence electrons. The van der Waals surface area contributed by atoms with Crippen molar-refractivity contribution in [3.05, 3.63) is 107 Å². The van der Waals surface area contributed by atoms with Gasteiger partial charge in [-0.05, 0) is 138 Å². The zero-order valence-corrected chi connectivity index (χ0v) is 93.0. The van der Waals surface area contributed by atoms with E-state index in [-0.39, 0.29) is 77.0 Å². The molecule has 0 saturated heterocycles. The molecule has 4 amide bonds. The Kier molecular flexibility index (Phi) is 98.2. The van der Waals surface area contributed by atoms with Crippen LogP contribution in [0.3, 0.4) is 0 Å². The minimum Gasteiger partial charge on any atom is -0.512 e. The number of carbonyl (C=O) groups excluding carboxylic acids is 4. The number of amides is 4. The number of aromatic amines is 5. The van der Waals surface area contributed by atoms with Gasteiger partial charge in [0.15, 0.2) is 23.3 Å². The monoisotopic (exact) mass is 1920 g/mol. The summed E-state index contributed by atoms with van der Waals surface area (Å²) in [6.07, 6.45) is 11.9. The molecule has 39 nitrogen and oxygen atoms in total. The van der Waals surface area contributed by atoms with Gasteiger partial charge in [0.05, 0.1) is 35.0 Å². The lowest BCUT2D eigenvalue weighted by Crippen LogP contribution is -2.33. The third-order valence-corrected chi connectivity index (χ3v) is 14.9. The maximum Gasteiger partial charge on any atom is 0.247 e. The van der Waals surface area contributed by atoms with E-state index in [0.29, 0.717) is 96.0 Å². The first kappa shape index (κ1) is 145. The number of hydrogen-bond donors (Lipinski definition) is 14. The molecule has 5 aromatic heterocycles. The number of primary amides is 2. The molecule has 0 aliphatic carbocycles. The number of nitrogens with one attached hydrogen (secondary N) is 8. The Bertz CT molecular complexity index is 3610. The van der Waals surface area contributed by atoms with Crippen LogP contribution in [0, 0.1) is 82.9 Å². The molecule has 3 aliphatic rings. The molecule has 1 unspecified atom stereocenters. The average Bonchev–Trinajstić information content (AvgIpc) is 1.84. The van der Waals surface area contributed by atoms with Gasteiger partial charge in [0.1, 0.15) is 13.1 Å². The number of nitrogens with two attached hydrogens (primary N) is 4. The summed E-state index contributed by atoms with van der Waals surface area (Å²) >= 11 is 0. The number of tetrazole rings is 4. The number of H-pyrrole nitrogens is 5. The number of aliphatic imine (C=N–C) groups is 2. The van der Waals surface area contributed by atoms with Gasteiger partial charge in [-0.15, -0.1) is 51.0 Å². The van der Waals surface area contributed by atoms with Crippen LogP contribution in [0.15, 0.2) is 119 Å². The second-order valence-corrected chi connectivity index (χ2v) is 38.8. The summed E-state index contributed by atoms with van der Waals surface area (Å²) in [6.45, 7) is 97.7. The number of aromatic nitrogens is 17. The summed E-state index contributed by atoms with van der Waals surface area (Å²) in [6, 6.07) is 6.11. The highest BCUT2D eigenvalue weighted by molar-refractivity contribution is 5.89. The minimum atomic E-state index is -0.241. The Hall–Kier alpha value is -10.9. The number of amidine groups is 2. The van der Waals surface area contributed by atoms with Crippen molar-refractivity contribution in [2.45, 2.75) is 379 Å². The first-order valence-corrected chi connectivity index (χ1v) is 47.8. The second kappa shape index (κ2) is 91.8. The van der Waals surface area contributed by atoms with Gasteiger partial charge >= 0.3 is 0 Å². The number of pyridine rings is 1. The summed E-state index contributed by atoms with van der Waals surface area (Å²) in [4.78, 5) is 62.6. The van der Waals surface area contributed by atoms with Crippen molar-refractivity contribution >= 4 is 46.7 Å². The summed E-state index contributed by atoms with van der Waals surface area (Å²) in [5.41, 5.74) is 23.8. The number of dihydropyridines is 1. The van der Waals surface area contributed by atoms with E-state index in [9.17, 15) is 29.1 Å². The SMILES string of the molecule is C=C1C=CC=CN1.CC(C)/C=C(\O)C(C)C.CC(C)C.CC(C)C.CC(C)C(N)=O.CC(C)C(N)=O.CC(C)C1=NN=NC1.CC(C)C1=NN=NC1.CC(C)CC(O)C(C)C.CC(C)N=C(N)C(C)C.CC(C)N=C(N)C(C)C.CC(C)NC(=O)C(C)C.CC(C)NC(=O)C(C)C.CC(C)c1nn[nH]n1.CC(C)c1nn[nH]n1.CC(C)c1nn[nH]n1.CC(C)c1nn[nH]n1.O=c1cccc[nH]1. The standard InChI is InChI=1S/C8H18O.C8H16O.2C7H16N2.2C7H15NO.C6H7N.2C5H9N3.C5H5NO.4C4H8N4.2C4H9NO.2C4H10/c2*1-6(2)5-8(9)7(3)4;2*1-5(2)7(8)9-6(3)4;2*1-5(2)7(9)8-6(3)4;1-6-4-2-3-5-7-6;2*1-4(2)5-3-6-8-7-5;7-5-3-1-2-4-6-5;4*1-3(2)4-5-7-8-6-4;2*1-3(2)4(5)6;2*1-4(2)3/h6-9H,5H2,1-4H3;5-7,9H,1-4H3;2*5-6H,1-4H3,(H2,8,9);2*5-6H,1-4H3,(H,8,9);2-5,7H,1H2;2*4H,3H2,1-2H3;1-4H,(H,6,7);4*3H,1-2H3,(H,5,6,7,8);2*3H,1-2H3,(H2,5,6);2*4H,1-3H3/b;8-5-;;;;;;;;;;;;;;;;. The fourth-order valence-corrected chi connectivity index (χ4v) is 6.60. The van der Waals surface area contributed by atoms with Gasteiger partial charge in [0, 0.05) is 113 Å². The summed E-state index contributed by atoms with van der Waals surface area (Å²) in [5, 5.41) is 102. The van der Waals surface area contributed by atoms with Crippen LogP contribution in [0.25, 0.3) is 0 Å². The molecule has 136 heavy (non-hydrogen) atoms. The van der Waals surface area contributed by atoms with Crippen molar-refractivity contribution in [3.63, 3.8) is 0 Å². The normalized spacial score (nSPS) is 12.2. The Balaban J connectivity index is -0.000000155. The predicted octanol–water partition coefficient (Wildman–Crippen LogP) is 19.3. The minimum absolute atomic E-state index is 0.00926. The van der Waals surface area contributed by atoms with Gasteiger partial charge in [-0.25, -0.2) is 0 Å². The van der Waals surface area contributed by atoms with Crippen LogP contribution in [0.2, 0.25) is 0 Å². The molecule has 0 fully saturated rings. The van der Waals surface area contributed by atoms with Crippen molar-refractivity contribution in [2.75, 3.05) is 13.1 Å². The summed E-state index contributed by atoms with van der Waals surface area (Å²) in [7, 11) is 0. The molecule has 0 radical (unpaired) electrons. The third-order valence-electron chi connectivity index (χ3n) is 14.9. The van der Waals surface area contributed by atoms with Gasteiger partial charge in [-0.1, -0.05) is 303 Å². The Morgan fingerprint density at radius 1 is 0.441 bits per heavy atom. The Morgan fingerprint density at radius 2 is 0.743 bits per heavy atom. The van der Waals surface area contributed by atoms with E-state index in [1.807, 2.05) is 224 Å². The van der Waals surface area contributed by atoms with E-state index in [2.05, 4.69) is 248 Å². The smallest absolute Gasteiger partial charge is 0.247 e. The highest BCUT2D eigenvalue weighted by Gasteiger charge is 2.13. The molecule has 5 aromatic rings. The molecule has 0 aromatic carbocycles. The number of allylic oxidation sites excluding steroid dienone is 5. The Morgan fingerprint density at radius 3 is 0.831 bits per heavy atom. The van der Waals surface area contributed by atoms with Crippen molar-refractivity contribution < 1.29 is 29.4 Å². The zero-order valence-electron chi connectivity index (χ0n) is 93.0. The molecule has 0 bridgehead atoms. The lowest BCUT2D eigenvalue weighted by atomic mass is 9.98. The highest BCUT2D eigenvalue weighted by Crippen LogP contribution is 2.13. The Labute approximate surface area is 820 Å². The van der Waals surface area contributed by atoms with Crippen LogP contribution in [0.1, 0.15) is 372 Å². The number of hydrogen-bond acceptors (Lipinski definition) is 28. The molecule has 39 heteroatoms. The molecule has 3 aliphatic heterocycles. The van der Waals surface area contributed by atoms with Crippen molar-refractivity contribution in [1.82, 2.24) is 103 Å². The van der Waals surface area contributed by atoms with E-state index < -0.39 is 0 Å². The van der Waals surface area contributed by atoms with Gasteiger partial charge in [0.25, 0.3) is 0 Å². The average molecular weight is 1920 g/mol. The molecule has 18 N–H and O–H groups in total. The van der Waals surface area contributed by atoms with Crippen LogP contribution >= 0.6 is 0 Å². The first-order chi connectivity index (χ1) is 62.6. The predicted molar refractivity (Wildman–Crippen MR) is 564 cm³/mol. The second-order valence-electron chi connectivity index (χ2n) is 38.8. The number of aliphatic hydroxyl groups is 2. The van der Waals surface area contributed by atoms with E-state index in [1.54, 1.807) is 46.0 Å². The third kappa shape index (κ3) is 114. The summed E-state index contributed by atoms with van der Waals surface area (Å²) in [5.74, 6) is 11.7. The maximum absolute atomic E-state index is 10.8. The molecule has 0 spiro atoms. The first-order valence-electron chi connectivity index (χ1n) is 47.8. The van der Waals surface area contributed by atoms with Crippen LogP contribution in [-0.2, 0) is 19.2 Å². The zero-order chi connectivity index (χ0) is 108. The van der Waals surface area contributed by atoms with Gasteiger partial charge in [0.2, 0.25) is 29.2 Å². The molecular formula is C97H196N32O7. The van der Waals surface area contributed by atoms with E-state index in [1.165, 1.54) is 6.07 Å². The molecule has 1 atom stereocenters. The highest BCUT2D eigenvalue weighted by atomic mass is 16.3. The van der Waals surface area contributed by atoms with Gasteiger partial charge in [-0.3, -0.25) is 34.0 Å². The molecule has 8 rings (SSSR count). The molecule has 8 heterocycles. The van der Waals surface area contributed by atoms with Crippen molar-refractivity contribution in [1.29, 1.82) is 0 Å². The van der Waals surface area contributed by atoms with Crippen molar-refractivity contribution in [2.24, 2.45) is 147 Å². The molecular weight excluding hydrogens is 1730 g/mol. The maximum atomic E-state index is 10.8.